The number of thioether (sulfide) groups is 1. The lowest BCUT2D eigenvalue weighted by Crippen LogP contribution is -2.28. The fraction of sp³-hybridized carbons (Fsp3) is 0.0588. The number of anilines is 1. The molecule has 0 aliphatic carbocycles. The summed E-state index contributed by atoms with van der Waals surface area (Å²) in [5.74, 6) is -1.26. The molecule has 1 fully saturated rings. The molecule has 2 aromatic carbocycles. The van der Waals surface area contributed by atoms with Crippen molar-refractivity contribution >= 4 is 34.7 Å². The highest BCUT2D eigenvalue weighted by molar-refractivity contribution is 8.19. The van der Waals surface area contributed by atoms with Crippen LogP contribution in [-0.4, -0.2) is 11.1 Å². The highest BCUT2D eigenvalue weighted by atomic mass is 32.2. The van der Waals surface area contributed by atoms with E-state index >= 15 is 0 Å². The standard InChI is InChI=1S/C17H9F4NO2S/c18-12-5-1-3-10(7-12)8-14-15(23)22(16(24)25-14)13-6-2-4-11(9-13)17(19,20)21/h1-9H/b14-8-. The Labute approximate surface area is 143 Å². The number of nitrogens with zero attached hydrogens (tertiary/aromatic N) is 1. The number of carbonyl (C=O) groups is 2. The van der Waals surface area contributed by atoms with E-state index in [1.165, 1.54) is 30.3 Å². The van der Waals surface area contributed by atoms with Crippen LogP contribution in [0.2, 0.25) is 0 Å². The fourth-order valence-corrected chi connectivity index (χ4v) is 3.10. The second-order valence-electron chi connectivity index (χ2n) is 5.12. The molecule has 1 saturated heterocycles. The normalized spacial score (nSPS) is 16.8. The van der Waals surface area contributed by atoms with E-state index in [1.54, 1.807) is 6.07 Å². The first-order valence-corrected chi connectivity index (χ1v) is 7.78. The molecule has 0 radical (unpaired) electrons. The van der Waals surface area contributed by atoms with Gasteiger partial charge in [0.2, 0.25) is 0 Å². The first-order valence-electron chi connectivity index (χ1n) is 6.96. The van der Waals surface area contributed by atoms with Crippen LogP contribution in [-0.2, 0) is 11.0 Å². The lowest BCUT2D eigenvalue weighted by atomic mass is 10.1. The molecule has 0 aromatic heterocycles. The zero-order chi connectivity index (χ0) is 18.2. The van der Waals surface area contributed by atoms with Gasteiger partial charge in [-0.2, -0.15) is 13.2 Å². The topological polar surface area (TPSA) is 37.4 Å². The van der Waals surface area contributed by atoms with Crippen molar-refractivity contribution in [2.24, 2.45) is 0 Å². The Balaban J connectivity index is 1.95. The van der Waals surface area contributed by atoms with E-state index in [-0.39, 0.29) is 10.6 Å². The number of imide groups is 1. The summed E-state index contributed by atoms with van der Waals surface area (Å²) in [6, 6.07) is 9.35. The van der Waals surface area contributed by atoms with Crippen LogP contribution in [0.1, 0.15) is 11.1 Å². The van der Waals surface area contributed by atoms with Crippen LogP contribution in [0, 0.1) is 5.82 Å². The molecule has 8 heteroatoms. The zero-order valence-corrected chi connectivity index (χ0v) is 13.2. The largest absolute Gasteiger partial charge is 0.416 e. The molecular formula is C17H9F4NO2S. The predicted octanol–water partition coefficient (Wildman–Crippen LogP) is 5.09. The number of hydrogen-bond acceptors (Lipinski definition) is 3. The van der Waals surface area contributed by atoms with E-state index in [0.717, 1.165) is 18.2 Å². The van der Waals surface area contributed by atoms with E-state index in [1.807, 2.05) is 0 Å². The Morgan fingerprint density at radius 3 is 2.40 bits per heavy atom. The van der Waals surface area contributed by atoms with Gasteiger partial charge in [0.1, 0.15) is 5.82 Å². The lowest BCUT2D eigenvalue weighted by Gasteiger charge is -2.14. The first kappa shape index (κ1) is 17.2. The van der Waals surface area contributed by atoms with Crippen LogP contribution in [0.4, 0.5) is 28.0 Å². The summed E-state index contributed by atoms with van der Waals surface area (Å²) in [6.07, 6.45) is -3.27. The monoisotopic (exact) mass is 367 g/mol. The third kappa shape index (κ3) is 3.58. The molecular weight excluding hydrogens is 358 g/mol. The smallest absolute Gasteiger partial charge is 0.268 e. The molecule has 2 aromatic rings. The zero-order valence-electron chi connectivity index (χ0n) is 12.4. The van der Waals surface area contributed by atoms with Gasteiger partial charge in [-0.3, -0.25) is 9.59 Å². The maximum Gasteiger partial charge on any atom is 0.416 e. The number of hydrogen-bond donors (Lipinski definition) is 0. The second kappa shape index (κ2) is 6.36. The number of halogens is 4. The maximum atomic E-state index is 13.2. The van der Waals surface area contributed by atoms with Crippen molar-refractivity contribution in [3.8, 4) is 0 Å². The molecule has 0 N–H and O–H groups in total. The summed E-state index contributed by atoms with van der Waals surface area (Å²) in [7, 11) is 0. The van der Waals surface area contributed by atoms with Crippen LogP contribution in [0.3, 0.4) is 0 Å². The first-order chi connectivity index (χ1) is 11.8. The molecule has 1 heterocycles. The Morgan fingerprint density at radius 1 is 1.00 bits per heavy atom. The van der Waals surface area contributed by atoms with Crippen molar-refractivity contribution in [1.82, 2.24) is 0 Å². The summed E-state index contributed by atoms with van der Waals surface area (Å²) >= 11 is 0.586. The van der Waals surface area contributed by atoms with Crippen LogP contribution in [0.15, 0.2) is 53.4 Å². The predicted molar refractivity (Wildman–Crippen MR) is 86.3 cm³/mol. The maximum absolute atomic E-state index is 13.2. The molecule has 2 amide bonds. The highest BCUT2D eigenvalue weighted by Crippen LogP contribution is 2.38. The average Bonchev–Trinajstić information content (AvgIpc) is 2.81. The summed E-state index contributed by atoms with van der Waals surface area (Å²) in [6.45, 7) is 0. The van der Waals surface area contributed by atoms with Crippen LogP contribution >= 0.6 is 11.8 Å². The molecule has 0 spiro atoms. The van der Waals surface area contributed by atoms with Crippen LogP contribution in [0.5, 0.6) is 0 Å². The summed E-state index contributed by atoms with van der Waals surface area (Å²) < 4.78 is 51.6. The van der Waals surface area contributed by atoms with Gasteiger partial charge in [0, 0.05) is 0 Å². The number of benzene rings is 2. The van der Waals surface area contributed by atoms with Gasteiger partial charge < -0.3 is 0 Å². The minimum atomic E-state index is -4.59. The average molecular weight is 367 g/mol. The Bertz CT molecular complexity index is 892. The Morgan fingerprint density at radius 2 is 1.72 bits per heavy atom. The van der Waals surface area contributed by atoms with Gasteiger partial charge in [-0.15, -0.1) is 0 Å². The van der Waals surface area contributed by atoms with E-state index in [0.29, 0.717) is 22.2 Å². The van der Waals surface area contributed by atoms with Crippen molar-refractivity contribution in [1.29, 1.82) is 0 Å². The summed E-state index contributed by atoms with van der Waals surface area (Å²) in [5, 5.41) is -0.716. The molecule has 1 aliphatic heterocycles. The van der Waals surface area contributed by atoms with E-state index in [9.17, 15) is 27.2 Å². The number of alkyl halides is 3. The van der Waals surface area contributed by atoms with Crippen molar-refractivity contribution in [2.45, 2.75) is 6.18 Å². The van der Waals surface area contributed by atoms with Gasteiger partial charge in [-0.1, -0.05) is 18.2 Å². The van der Waals surface area contributed by atoms with E-state index < -0.39 is 28.7 Å². The fourth-order valence-electron chi connectivity index (χ4n) is 2.26. The van der Waals surface area contributed by atoms with Gasteiger partial charge >= 0.3 is 6.18 Å². The summed E-state index contributed by atoms with van der Waals surface area (Å²) in [5.41, 5.74) is -0.757. The SMILES string of the molecule is O=C1S/C(=C\c2cccc(F)c2)C(=O)N1c1cccc(C(F)(F)F)c1. The Kier molecular flexibility index (Phi) is 4.38. The molecule has 128 valence electrons. The molecule has 3 nitrogen and oxygen atoms in total. The minimum absolute atomic E-state index is 0.00742. The van der Waals surface area contributed by atoms with Gasteiger partial charge in [0.05, 0.1) is 16.2 Å². The molecule has 0 bridgehead atoms. The van der Waals surface area contributed by atoms with Crippen molar-refractivity contribution in [3.63, 3.8) is 0 Å². The number of amides is 2. The highest BCUT2D eigenvalue weighted by Gasteiger charge is 2.38. The molecule has 1 aliphatic rings. The van der Waals surface area contributed by atoms with Gasteiger partial charge in [0.25, 0.3) is 11.1 Å². The van der Waals surface area contributed by atoms with Gasteiger partial charge in [-0.25, -0.2) is 9.29 Å². The Hall–Kier alpha value is -2.61. The van der Waals surface area contributed by atoms with E-state index in [4.69, 9.17) is 0 Å². The van der Waals surface area contributed by atoms with Gasteiger partial charge in [-0.05, 0) is 53.7 Å². The third-order valence-corrected chi connectivity index (χ3v) is 4.24. The number of carbonyl (C=O) groups excluding carboxylic acids is 2. The lowest BCUT2D eigenvalue weighted by molar-refractivity contribution is -0.137. The van der Waals surface area contributed by atoms with Crippen LogP contribution in [0.25, 0.3) is 6.08 Å². The summed E-state index contributed by atoms with van der Waals surface area (Å²) in [4.78, 5) is 25.2. The van der Waals surface area contributed by atoms with Gasteiger partial charge in [0.15, 0.2) is 0 Å². The molecule has 0 atom stereocenters. The quantitative estimate of drug-likeness (QED) is 0.548. The molecule has 3 rings (SSSR count). The molecule has 25 heavy (non-hydrogen) atoms. The van der Waals surface area contributed by atoms with E-state index in [2.05, 4.69) is 0 Å². The number of rotatable bonds is 2. The van der Waals surface area contributed by atoms with Crippen molar-refractivity contribution < 1.29 is 27.2 Å². The molecule has 0 unspecified atom stereocenters. The second-order valence-corrected chi connectivity index (χ2v) is 6.11. The van der Waals surface area contributed by atoms with Crippen molar-refractivity contribution in [2.75, 3.05) is 4.90 Å². The third-order valence-electron chi connectivity index (χ3n) is 3.37. The van der Waals surface area contributed by atoms with Crippen LogP contribution < -0.4 is 4.90 Å². The van der Waals surface area contributed by atoms with Crippen molar-refractivity contribution in [3.05, 3.63) is 70.4 Å². The molecule has 0 saturated carbocycles. The minimum Gasteiger partial charge on any atom is -0.268 e.